The molecule has 0 saturated heterocycles. The van der Waals surface area contributed by atoms with Crippen LogP contribution in [-0.4, -0.2) is 30.8 Å². The fourth-order valence-electron chi connectivity index (χ4n) is 1.33. The van der Waals surface area contributed by atoms with Crippen LogP contribution in [0.4, 0.5) is 0 Å². The number of aliphatic hydroxyl groups excluding tert-OH is 1. The highest BCUT2D eigenvalue weighted by Crippen LogP contribution is 2.01. The Morgan fingerprint density at radius 3 is 2.64 bits per heavy atom. The van der Waals surface area contributed by atoms with Crippen molar-refractivity contribution in [3.05, 3.63) is 35.9 Å². The first-order valence-corrected chi connectivity index (χ1v) is 4.95. The highest BCUT2D eigenvalue weighted by atomic mass is 16.3. The molecule has 4 N–H and O–H groups in total. The predicted octanol–water partition coefficient (Wildman–Crippen LogP) is 0.138. The maximum Gasteiger partial charge on any atom is 0.0704 e. The van der Waals surface area contributed by atoms with Gasteiger partial charge in [-0.2, -0.15) is 0 Å². The molecule has 1 atom stereocenters. The molecule has 14 heavy (non-hydrogen) atoms. The molecule has 0 radical (unpaired) electrons. The summed E-state index contributed by atoms with van der Waals surface area (Å²) in [6.45, 7) is 1.97. The third-order valence-corrected chi connectivity index (χ3v) is 2.02. The molecule has 0 fully saturated rings. The summed E-state index contributed by atoms with van der Waals surface area (Å²) in [7, 11) is 0. The van der Waals surface area contributed by atoms with Crippen molar-refractivity contribution in [2.75, 3.05) is 19.6 Å². The molecule has 0 bridgehead atoms. The zero-order valence-electron chi connectivity index (χ0n) is 8.32. The topological polar surface area (TPSA) is 58.3 Å². The van der Waals surface area contributed by atoms with Gasteiger partial charge in [0.25, 0.3) is 0 Å². The van der Waals surface area contributed by atoms with Crippen molar-refractivity contribution in [2.45, 2.75) is 12.5 Å². The molecule has 1 aromatic rings. The Morgan fingerprint density at radius 2 is 2.00 bits per heavy atom. The molecular weight excluding hydrogens is 176 g/mol. The first-order valence-electron chi connectivity index (χ1n) is 4.95. The van der Waals surface area contributed by atoms with E-state index in [1.54, 1.807) is 0 Å². The van der Waals surface area contributed by atoms with Crippen LogP contribution in [-0.2, 0) is 6.42 Å². The van der Waals surface area contributed by atoms with Crippen molar-refractivity contribution >= 4 is 0 Å². The third kappa shape index (κ3) is 4.37. The summed E-state index contributed by atoms with van der Waals surface area (Å²) >= 11 is 0. The zero-order valence-corrected chi connectivity index (χ0v) is 8.32. The highest BCUT2D eigenvalue weighted by Gasteiger charge is 2.03. The fourth-order valence-corrected chi connectivity index (χ4v) is 1.33. The number of hydrogen-bond acceptors (Lipinski definition) is 3. The molecule has 0 spiro atoms. The average molecular weight is 194 g/mol. The van der Waals surface area contributed by atoms with E-state index in [0.717, 1.165) is 12.1 Å². The minimum absolute atomic E-state index is 0.330. The lowest BCUT2D eigenvalue weighted by molar-refractivity contribution is 0.172. The second kappa shape index (κ2) is 6.54. The third-order valence-electron chi connectivity index (χ3n) is 2.02. The molecule has 0 aliphatic heterocycles. The van der Waals surface area contributed by atoms with Crippen LogP contribution < -0.4 is 11.1 Å². The van der Waals surface area contributed by atoms with Gasteiger partial charge in [-0.25, -0.2) is 0 Å². The van der Waals surface area contributed by atoms with E-state index in [4.69, 9.17) is 5.73 Å². The number of hydrogen-bond donors (Lipinski definition) is 3. The summed E-state index contributed by atoms with van der Waals surface area (Å²) in [6, 6.07) is 9.98. The molecule has 0 amide bonds. The van der Waals surface area contributed by atoms with Gasteiger partial charge in [0, 0.05) is 19.6 Å². The first-order chi connectivity index (χ1) is 6.83. The standard InChI is InChI=1S/C11H18N2O/c12-6-7-13-9-11(14)8-10-4-2-1-3-5-10/h1-5,11,13-14H,6-9,12H2. The summed E-state index contributed by atoms with van der Waals surface area (Å²) in [6.07, 6.45) is 0.363. The van der Waals surface area contributed by atoms with E-state index in [1.165, 1.54) is 0 Å². The maximum atomic E-state index is 9.63. The minimum atomic E-state index is -0.330. The van der Waals surface area contributed by atoms with Crippen molar-refractivity contribution in [1.82, 2.24) is 5.32 Å². The normalized spacial score (nSPS) is 12.7. The van der Waals surface area contributed by atoms with Crippen LogP contribution in [0, 0.1) is 0 Å². The van der Waals surface area contributed by atoms with Gasteiger partial charge in [-0.15, -0.1) is 0 Å². The SMILES string of the molecule is NCCNCC(O)Cc1ccccc1. The van der Waals surface area contributed by atoms with Crippen LogP contribution in [0.25, 0.3) is 0 Å². The van der Waals surface area contributed by atoms with Crippen LogP contribution in [0.15, 0.2) is 30.3 Å². The Hall–Kier alpha value is -0.900. The number of nitrogens with two attached hydrogens (primary N) is 1. The van der Waals surface area contributed by atoms with Gasteiger partial charge in [-0.1, -0.05) is 30.3 Å². The summed E-state index contributed by atoms with van der Waals surface area (Å²) in [5.41, 5.74) is 6.48. The Bertz CT molecular complexity index is 238. The molecule has 0 aromatic heterocycles. The Kier molecular flexibility index (Phi) is 5.22. The number of aliphatic hydroxyl groups is 1. The van der Waals surface area contributed by atoms with E-state index < -0.39 is 0 Å². The van der Waals surface area contributed by atoms with E-state index >= 15 is 0 Å². The summed E-state index contributed by atoms with van der Waals surface area (Å²) in [4.78, 5) is 0. The second-order valence-corrected chi connectivity index (χ2v) is 3.34. The predicted molar refractivity (Wildman–Crippen MR) is 58.1 cm³/mol. The highest BCUT2D eigenvalue weighted by molar-refractivity contribution is 5.15. The molecular formula is C11H18N2O. The van der Waals surface area contributed by atoms with E-state index in [2.05, 4.69) is 5.32 Å². The van der Waals surface area contributed by atoms with Gasteiger partial charge in [-0.05, 0) is 12.0 Å². The van der Waals surface area contributed by atoms with Gasteiger partial charge in [0.1, 0.15) is 0 Å². The molecule has 0 saturated carbocycles. The second-order valence-electron chi connectivity index (χ2n) is 3.34. The fraction of sp³-hybridized carbons (Fsp3) is 0.455. The number of nitrogens with one attached hydrogen (secondary N) is 1. The maximum absolute atomic E-state index is 9.63. The zero-order chi connectivity index (χ0) is 10.2. The lowest BCUT2D eigenvalue weighted by Gasteiger charge is -2.11. The van der Waals surface area contributed by atoms with Gasteiger partial charge in [-0.3, -0.25) is 0 Å². The number of rotatable bonds is 6. The van der Waals surface area contributed by atoms with E-state index in [9.17, 15) is 5.11 Å². The van der Waals surface area contributed by atoms with Crippen molar-refractivity contribution in [3.63, 3.8) is 0 Å². The van der Waals surface area contributed by atoms with Crippen LogP contribution in [0.3, 0.4) is 0 Å². The molecule has 0 aliphatic carbocycles. The van der Waals surface area contributed by atoms with Crippen molar-refractivity contribution in [1.29, 1.82) is 0 Å². The lowest BCUT2D eigenvalue weighted by atomic mass is 10.1. The van der Waals surface area contributed by atoms with E-state index in [0.29, 0.717) is 19.5 Å². The first kappa shape index (κ1) is 11.2. The van der Waals surface area contributed by atoms with Crippen molar-refractivity contribution in [3.8, 4) is 0 Å². The van der Waals surface area contributed by atoms with Crippen molar-refractivity contribution in [2.24, 2.45) is 5.73 Å². The van der Waals surface area contributed by atoms with E-state index in [-0.39, 0.29) is 6.10 Å². The average Bonchev–Trinajstić information content (AvgIpc) is 2.20. The summed E-state index contributed by atoms with van der Waals surface area (Å²) < 4.78 is 0. The summed E-state index contributed by atoms with van der Waals surface area (Å²) in [5.74, 6) is 0. The Morgan fingerprint density at radius 1 is 1.29 bits per heavy atom. The van der Waals surface area contributed by atoms with Crippen molar-refractivity contribution < 1.29 is 5.11 Å². The quantitative estimate of drug-likeness (QED) is 0.564. The molecule has 78 valence electrons. The molecule has 0 aliphatic rings. The monoisotopic (exact) mass is 194 g/mol. The van der Waals surface area contributed by atoms with Crippen LogP contribution in [0.1, 0.15) is 5.56 Å². The Labute approximate surface area is 84.9 Å². The largest absolute Gasteiger partial charge is 0.391 e. The van der Waals surface area contributed by atoms with Gasteiger partial charge in [0.15, 0.2) is 0 Å². The molecule has 1 aromatic carbocycles. The smallest absolute Gasteiger partial charge is 0.0704 e. The summed E-state index contributed by atoms with van der Waals surface area (Å²) in [5, 5.41) is 12.7. The van der Waals surface area contributed by atoms with Crippen LogP contribution >= 0.6 is 0 Å². The molecule has 1 rings (SSSR count). The van der Waals surface area contributed by atoms with Gasteiger partial charge in [0.2, 0.25) is 0 Å². The Balaban J connectivity index is 2.23. The molecule has 3 nitrogen and oxygen atoms in total. The van der Waals surface area contributed by atoms with Gasteiger partial charge in [0.05, 0.1) is 6.10 Å². The van der Waals surface area contributed by atoms with Crippen LogP contribution in [0.5, 0.6) is 0 Å². The van der Waals surface area contributed by atoms with Gasteiger partial charge < -0.3 is 16.2 Å². The molecule has 3 heteroatoms. The number of benzene rings is 1. The molecule has 1 unspecified atom stereocenters. The lowest BCUT2D eigenvalue weighted by Crippen LogP contribution is -2.31. The van der Waals surface area contributed by atoms with Crippen LogP contribution in [0.2, 0.25) is 0 Å². The molecule has 0 heterocycles. The van der Waals surface area contributed by atoms with E-state index in [1.807, 2.05) is 30.3 Å². The minimum Gasteiger partial charge on any atom is -0.391 e. The van der Waals surface area contributed by atoms with Gasteiger partial charge >= 0.3 is 0 Å².